The maximum absolute atomic E-state index is 12.8. The molecule has 0 aromatic heterocycles. The summed E-state index contributed by atoms with van der Waals surface area (Å²) in [5.41, 5.74) is 0. The SMILES string of the molecule is CC/C=C\C/C=C\C/C=C\CCCCCCC(=O)OC(COC(=O)CCCCCCC\C=C/C=C\C=C/C=C\C=C/CCC)COC(=O)CCCCCCCCCCCCCC. The fourth-order valence-electron chi connectivity index (χ4n) is 6.66. The zero-order valence-corrected chi connectivity index (χ0v) is 40.1. The van der Waals surface area contributed by atoms with Crippen LogP contribution >= 0.6 is 0 Å². The summed E-state index contributed by atoms with van der Waals surface area (Å²) in [4.78, 5) is 37.9. The summed E-state index contributed by atoms with van der Waals surface area (Å²) < 4.78 is 16.7. The molecule has 0 aromatic carbocycles. The van der Waals surface area contributed by atoms with Gasteiger partial charge in [-0.25, -0.2) is 0 Å². The normalized spacial score (nSPS) is 12.9. The Hall–Kier alpha value is -3.67. The van der Waals surface area contributed by atoms with E-state index in [0.717, 1.165) is 116 Å². The fourth-order valence-corrected chi connectivity index (χ4v) is 6.66. The van der Waals surface area contributed by atoms with E-state index in [1.165, 1.54) is 64.2 Å². The molecule has 0 aliphatic rings. The monoisotopic (exact) mass is 861 g/mol. The number of ether oxygens (including phenoxy) is 3. The summed E-state index contributed by atoms with van der Waals surface area (Å²) in [5.74, 6) is -0.947. The molecule has 62 heavy (non-hydrogen) atoms. The highest BCUT2D eigenvalue weighted by Crippen LogP contribution is 2.14. The van der Waals surface area contributed by atoms with Crippen LogP contribution in [-0.2, 0) is 28.6 Å². The van der Waals surface area contributed by atoms with Crippen molar-refractivity contribution < 1.29 is 28.6 Å². The quantitative estimate of drug-likeness (QED) is 0.0200. The second-order valence-corrected chi connectivity index (χ2v) is 16.5. The van der Waals surface area contributed by atoms with Crippen LogP contribution in [0, 0.1) is 0 Å². The third-order valence-electron chi connectivity index (χ3n) is 10.4. The van der Waals surface area contributed by atoms with Crippen molar-refractivity contribution in [1.29, 1.82) is 0 Å². The Morgan fingerprint density at radius 2 is 0.726 bits per heavy atom. The minimum atomic E-state index is -0.798. The van der Waals surface area contributed by atoms with Crippen LogP contribution in [0.5, 0.6) is 0 Å². The lowest BCUT2D eigenvalue weighted by Crippen LogP contribution is -2.30. The zero-order chi connectivity index (χ0) is 45.1. The average Bonchev–Trinajstić information content (AvgIpc) is 3.27. The molecule has 0 N–H and O–H groups in total. The van der Waals surface area contributed by atoms with Crippen LogP contribution in [0.3, 0.4) is 0 Å². The molecule has 0 saturated carbocycles. The first-order chi connectivity index (χ1) is 30.5. The van der Waals surface area contributed by atoms with Crippen molar-refractivity contribution in [3.05, 3.63) is 97.2 Å². The Bertz CT molecular complexity index is 1260. The Balaban J connectivity index is 4.48. The number of carbonyl (C=O) groups is 3. The molecule has 0 aliphatic heterocycles. The summed E-state index contributed by atoms with van der Waals surface area (Å²) in [6.07, 6.45) is 65.2. The first-order valence-electron chi connectivity index (χ1n) is 25.3. The predicted octanol–water partition coefficient (Wildman–Crippen LogP) is 16.6. The molecule has 0 heterocycles. The van der Waals surface area contributed by atoms with Crippen molar-refractivity contribution >= 4 is 17.9 Å². The number of rotatable bonds is 44. The van der Waals surface area contributed by atoms with Gasteiger partial charge in [-0.2, -0.15) is 0 Å². The molecule has 0 bridgehead atoms. The van der Waals surface area contributed by atoms with Gasteiger partial charge in [0.2, 0.25) is 0 Å². The van der Waals surface area contributed by atoms with Crippen molar-refractivity contribution in [3.63, 3.8) is 0 Å². The molecule has 0 spiro atoms. The molecule has 0 amide bonds. The van der Waals surface area contributed by atoms with E-state index >= 15 is 0 Å². The van der Waals surface area contributed by atoms with Crippen molar-refractivity contribution in [2.75, 3.05) is 13.2 Å². The summed E-state index contributed by atoms with van der Waals surface area (Å²) in [6, 6.07) is 0. The third-order valence-corrected chi connectivity index (χ3v) is 10.4. The van der Waals surface area contributed by atoms with Crippen LogP contribution in [0.2, 0.25) is 0 Å². The lowest BCUT2D eigenvalue weighted by molar-refractivity contribution is -0.167. The lowest BCUT2D eigenvalue weighted by atomic mass is 10.0. The number of allylic oxidation sites excluding steroid dienone is 16. The molecule has 0 aromatic rings. The third kappa shape index (κ3) is 47.4. The number of hydrogen-bond donors (Lipinski definition) is 0. The van der Waals surface area contributed by atoms with Crippen LogP contribution in [0.25, 0.3) is 0 Å². The van der Waals surface area contributed by atoms with Gasteiger partial charge in [-0.05, 0) is 70.6 Å². The minimum Gasteiger partial charge on any atom is -0.462 e. The average molecular weight is 861 g/mol. The van der Waals surface area contributed by atoms with Gasteiger partial charge in [-0.3, -0.25) is 14.4 Å². The van der Waals surface area contributed by atoms with Crippen LogP contribution in [0.4, 0.5) is 0 Å². The molecule has 1 atom stereocenters. The van der Waals surface area contributed by atoms with E-state index in [4.69, 9.17) is 14.2 Å². The van der Waals surface area contributed by atoms with Gasteiger partial charge in [0.15, 0.2) is 6.10 Å². The first-order valence-corrected chi connectivity index (χ1v) is 25.3. The van der Waals surface area contributed by atoms with Crippen molar-refractivity contribution in [1.82, 2.24) is 0 Å². The number of unbranched alkanes of at least 4 members (excludes halogenated alkanes) is 21. The van der Waals surface area contributed by atoms with E-state index in [1.54, 1.807) is 0 Å². The van der Waals surface area contributed by atoms with Gasteiger partial charge in [0.1, 0.15) is 13.2 Å². The summed E-state index contributed by atoms with van der Waals surface area (Å²) in [5, 5.41) is 0. The smallest absolute Gasteiger partial charge is 0.306 e. The fraction of sp³-hybridized carbons (Fsp3) is 0.661. The van der Waals surface area contributed by atoms with Gasteiger partial charge in [-0.15, -0.1) is 0 Å². The number of carbonyl (C=O) groups excluding carboxylic acids is 3. The van der Waals surface area contributed by atoms with E-state index in [2.05, 4.69) is 93.7 Å². The van der Waals surface area contributed by atoms with Crippen molar-refractivity contribution in [3.8, 4) is 0 Å². The van der Waals surface area contributed by atoms with Gasteiger partial charge in [0.25, 0.3) is 0 Å². The van der Waals surface area contributed by atoms with Gasteiger partial charge in [0, 0.05) is 19.3 Å². The molecule has 6 heteroatoms. The van der Waals surface area contributed by atoms with E-state index in [0.29, 0.717) is 19.3 Å². The van der Waals surface area contributed by atoms with Gasteiger partial charge >= 0.3 is 17.9 Å². The van der Waals surface area contributed by atoms with Crippen LogP contribution in [0.15, 0.2) is 97.2 Å². The Labute approximate surface area is 381 Å². The molecule has 6 nitrogen and oxygen atoms in total. The van der Waals surface area contributed by atoms with Gasteiger partial charge < -0.3 is 14.2 Å². The van der Waals surface area contributed by atoms with E-state index < -0.39 is 6.10 Å². The molecule has 0 rings (SSSR count). The first kappa shape index (κ1) is 58.3. The Morgan fingerprint density at radius 1 is 0.355 bits per heavy atom. The van der Waals surface area contributed by atoms with E-state index in [1.807, 2.05) is 24.3 Å². The molecule has 0 aliphatic carbocycles. The number of hydrogen-bond acceptors (Lipinski definition) is 6. The highest BCUT2D eigenvalue weighted by atomic mass is 16.6. The second-order valence-electron chi connectivity index (χ2n) is 16.5. The maximum atomic E-state index is 12.8. The van der Waals surface area contributed by atoms with Gasteiger partial charge in [0.05, 0.1) is 0 Å². The summed E-state index contributed by atoms with van der Waals surface area (Å²) >= 11 is 0. The lowest BCUT2D eigenvalue weighted by Gasteiger charge is -2.18. The standard InChI is InChI=1S/C56H92O6/c1-4-7-10-13-16-19-22-25-27-28-29-30-32-34-37-40-43-46-49-55(58)61-52-53(51-60-54(57)48-45-42-39-36-33-24-21-18-15-12-9-6-3)62-56(59)50-47-44-41-38-35-31-26-23-20-17-14-11-8-5-2/h8,10-11,13,16-17,19-20,22,25-31,53H,4-7,9,12,14-15,18,21,23-24,32-52H2,1-3H3/b11-8-,13-10-,19-16-,20-17-,25-22-,28-27-,30-29-,31-26-. The molecule has 0 radical (unpaired) electrons. The Kier molecular flexibility index (Phi) is 47.0. The van der Waals surface area contributed by atoms with Crippen molar-refractivity contribution in [2.45, 2.75) is 226 Å². The topological polar surface area (TPSA) is 78.9 Å². The highest BCUT2D eigenvalue weighted by molar-refractivity contribution is 5.71. The van der Waals surface area contributed by atoms with E-state index in [-0.39, 0.29) is 31.1 Å². The summed E-state index contributed by atoms with van der Waals surface area (Å²) in [7, 11) is 0. The molecule has 1 unspecified atom stereocenters. The van der Waals surface area contributed by atoms with E-state index in [9.17, 15) is 14.4 Å². The summed E-state index contributed by atoms with van der Waals surface area (Å²) in [6.45, 7) is 6.38. The molecular formula is C56H92O6. The van der Waals surface area contributed by atoms with Crippen LogP contribution in [-0.4, -0.2) is 37.2 Å². The predicted molar refractivity (Wildman–Crippen MR) is 265 cm³/mol. The highest BCUT2D eigenvalue weighted by Gasteiger charge is 2.19. The van der Waals surface area contributed by atoms with Crippen molar-refractivity contribution in [2.24, 2.45) is 0 Å². The molecule has 0 saturated heterocycles. The van der Waals surface area contributed by atoms with Crippen LogP contribution < -0.4 is 0 Å². The maximum Gasteiger partial charge on any atom is 0.306 e. The zero-order valence-electron chi connectivity index (χ0n) is 40.1. The minimum absolute atomic E-state index is 0.0949. The molecule has 352 valence electrons. The molecule has 0 fully saturated rings. The largest absolute Gasteiger partial charge is 0.462 e. The second kappa shape index (κ2) is 50.0. The van der Waals surface area contributed by atoms with Gasteiger partial charge in [-0.1, -0.05) is 227 Å². The Morgan fingerprint density at radius 3 is 1.19 bits per heavy atom. The van der Waals surface area contributed by atoms with Crippen LogP contribution in [0.1, 0.15) is 220 Å². The number of esters is 3. The molecular weight excluding hydrogens is 769 g/mol.